The second kappa shape index (κ2) is 5.55. The predicted molar refractivity (Wildman–Crippen MR) is 73.0 cm³/mol. The summed E-state index contributed by atoms with van der Waals surface area (Å²) < 4.78 is 26.6. The fourth-order valence-corrected chi connectivity index (χ4v) is 3.42. The molecule has 1 N–H and O–H groups in total. The van der Waals surface area contributed by atoms with Crippen LogP contribution in [0, 0.1) is 11.6 Å². The van der Waals surface area contributed by atoms with E-state index in [-0.39, 0.29) is 11.6 Å². The smallest absolute Gasteiger partial charge is 0.159 e. The Morgan fingerprint density at radius 1 is 1.16 bits per heavy atom. The summed E-state index contributed by atoms with van der Waals surface area (Å²) in [6, 6.07) is 4.23. The van der Waals surface area contributed by atoms with E-state index in [9.17, 15) is 8.78 Å². The summed E-state index contributed by atoms with van der Waals surface area (Å²) >= 11 is 0. The van der Waals surface area contributed by atoms with Crippen molar-refractivity contribution in [3.8, 4) is 0 Å². The molecule has 19 heavy (non-hydrogen) atoms. The van der Waals surface area contributed by atoms with Crippen molar-refractivity contribution in [1.29, 1.82) is 0 Å². The average Bonchev–Trinajstić information content (AvgIpc) is 2.85. The lowest BCUT2D eigenvalue weighted by Crippen LogP contribution is -2.51. The maximum atomic E-state index is 13.5. The molecule has 1 aromatic rings. The Labute approximate surface area is 113 Å². The molecule has 0 amide bonds. The SMILES string of the molecule is CNC(c1ccc(F)c(F)c1)C1(N(C)C)CCCC1. The van der Waals surface area contributed by atoms with Crippen LogP contribution in [-0.4, -0.2) is 31.6 Å². The third-order valence-electron chi connectivity index (χ3n) is 4.46. The zero-order valence-corrected chi connectivity index (χ0v) is 11.8. The number of likely N-dealkylation sites (N-methyl/N-ethyl adjacent to an activating group) is 2. The number of rotatable bonds is 4. The van der Waals surface area contributed by atoms with Gasteiger partial charge in [-0.3, -0.25) is 0 Å². The normalized spacial score (nSPS) is 19.9. The molecule has 2 rings (SSSR count). The van der Waals surface area contributed by atoms with Crippen molar-refractivity contribution in [3.05, 3.63) is 35.4 Å². The maximum Gasteiger partial charge on any atom is 0.159 e. The molecule has 0 aromatic heterocycles. The maximum absolute atomic E-state index is 13.5. The van der Waals surface area contributed by atoms with Gasteiger partial charge in [0.2, 0.25) is 0 Å². The predicted octanol–water partition coefficient (Wildman–Crippen LogP) is 3.10. The van der Waals surface area contributed by atoms with Gasteiger partial charge >= 0.3 is 0 Å². The van der Waals surface area contributed by atoms with Gasteiger partial charge in [0.15, 0.2) is 11.6 Å². The molecular formula is C15H22F2N2. The molecule has 0 saturated heterocycles. The van der Waals surface area contributed by atoms with E-state index in [2.05, 4.69) is 24.3 Å². The second-order valence-electron chi connectivity index (χ2n) is 5.60. The summed E-state index contributed by atoms with van der Waals surface area (Å²) in [6.45, 7) is 0. The number of hydrogen-bond acceptors (Lipinski definition) is 2. The zero-order chi connectivity index (χ0) is 14.0. The van der Waals surface area contributed by atoms with E-state index in [0.29, 0.717) is 0 Å². The van der Waals surface area contributed by atoms with Crippen LogP contribution in [0.2, 0.25) is 0 Å². The molecule has 1 unspecified atom stereocenters. The molecule has 1 fully saturated rings. The van der Waals surface area contributed by atoms with Crippen LogP contribution in [0.1, 0.15) is 37.3 Å². The Kier molecular flexibility index (Phi) is 4.21. The first-order valence-corrected chi connectivity index (χ1v) is 6.81. The van der Waals surface area contributed by atoms with Crippen LogP contribution >= 0.6 is 0 Å². The van der Waals surface area contributed by atoms with Gasteiger partial charge in [0, 0.05) is 5.54 Å². The van der Waals surface area contributed by atoms with Gasteiger partial charge < -0.3 is 10.2 Å². The number of nitrogens with zero attached hydrogens (tertiary/aromatic N) is 1. The molecule has 0 bridgehead atoms. The quantitative estimate of drug-likeness (QED) is 0.902. The molecule has 1 aromatic carbocycles. The van der Waals surface area contributed by atoms with Crippen molar-refractivity contribution in [1.82, 2.24) is 10.2 Å². The number of benzene rings is 1. The number of nitrogens with one attached hydrogen (secondary N) is 1. The Morgan fingerprint density at radius 3 is 2.26 bits per heavy atom. The van der Waals surface area contributed by atoms with E-state index in [1.165, 1.54) is 25.0 Å². The van der Waals surface area contributed by atoms with Crippen LogP contribution in [-0.2, 0) is 0 Å². The molecule has 1 atom stereocenters. The fourth-order valence-electron chi connectivity index (χ4n) is 3.42. The Hall–Kier alpha value is -1.00. The summed E-state index contributed by atoms with van der Waals surface area (Å²) in [5, 5.41) is 3.30. The highest BCUT2D eigenvalue weighted by molar-refractivity contribution is 5.26. The van der Waals surface area contributed by atoms with Gasteiger partial charge in [-0.2, -0.15) is 0 Å². The van der Waals surface area contributed by atoms with Crippen LogP contribution < -0.4 is 5.32 Å². The van der Waals surface area contributed by atoms with Crippen molar-refractivity contribution in [2.75, 3.05) is 21.1 Å². The molecule has 0 radical (unpaired) electrons. The zero-order valence-electron chi connectivity index (χ0n) is 11.8. The second-order valence-corrected chi connectivity index (χ2v) is 5.60. The minimum atomic E-state index is -0.788. The first kappa shape index (κ1) is 14.4. The van der Waals surface area contributed by atoms with Crippen molar-refractivity contribution in [3.63, 3.8) is 0 Å². The van der Waals surface area contributed by atoms with Gasteiger partial charge in [-0.05, 0) is 51.7 Å². The Bertz CT molecular complexity index is 440. The highest BCUT2D eigenvalue weighted by Crippen LogP contribution is 2.43. The van der Waals surface area contributed by atoms with Gasteiger partial charge in [0.05, 0.1) is 6.04 Å². The van der Waals surface area contributed by atoms with Crippen LogP contribution in [0.5, 0.6) is 0 Å². The van der Waals surface area contributed by atoms with E-state index in [1.807, 2.05) is 7.05 Å². The standard InChI is InChI=1S/C15H22F2N2/c1-18-14(11-6-7-12(16)13(17)10-11)15(19(2)3)8-4-5-9-15/h6-7,10,14,18H,4-5,8-9H2,1-3H3. The molecule has 4 heteroatoms. The lowest BCUT2D eigenvalue weighted by atomic mass is 9.82. The minimum absolute atomic E-state index is 0.0140. The van der Waals surface area contributed by atoms with Gasteiger partial charge in [0.1, 0.15) is 0 Å². The van der Waals surface area contributed by atoms with Crippen molar-refractivity contribution in [2.24, 2.45) is 0 Å². The van der Waals surface area contributed by atoms with E-state index in [0.717, 1.165) is 18.4 Å². The lowest BCUT2D eigenvalue weighted by molar-refractivity contribution is 0.108. The summed E-state index contributed by atoms with van der Waals surface area (Å²) in [5.41, 5.74) is 0.802. The molecule has 106 valence electrons. The molecule has 1 saturated carbocycles. The average molecular weight is 268 g/mol. The molecule has 2 nitrogen and oxygen atoms in total. The van der Waals surface area contributed by atoms with Crippen LogP contribution in [0.15, 0.2) is 18.2 Å². The van der Waals surface area contributed by atoms with Crippen LogP contribution in [0.25, 0.3) is 0 Å². The van der Waals surface area contributed by atoms with Crippen molar-refractivity contribution < 1.29 is 8.78 Å². The third-order valence-corrected chi connectivity index (χ3v) is 4.46. The highest BCUT2D eigenvalue weighted by atomic mass is 19.2. The third kappa shape index (κ3) is 2.51. The molecule has 1 aliphatic carbocycles. The highest BCUT2D eigenvalue weighted by Gasteiger charge is 2.43. The first-order valence-electron chi connectivity index (χ1n) is 6.81. The molecule has 0 heterocycles. The largest absolute Gasteiger partial charge is 0.311 e. The summed E-state index contributed by atoms with van der Waals surface area (Å²) in [7, 11) is 6.01. The Morgan fingerprint density at radius 2 is 1.79 bits per heavy atom. The molecular weight excluding hydrogens is 246 g/mol. The van der Waals surface area contributed by atoms with Gasteiger partial charge in [-0.1, -0.05) is 18.9 Å². The topological polar surface area (TPSA) is 15.3 Å². The van der Waals surface area contributed by atoms with E-state index in [1.54, 1.807) is 6.07 Å². The van der Waals surface area contributed by atoms with Crippen LogP contribution in [0.4, 0.5) is 8.78 Å². The van der Waals surface area contributed by atoms with Crippen LogP contribution in [0.3, 0.4) is 0 Å². The summed E-state index contributed by atoms with van der Waals surface area (Å²) in [4.78, 5) is 2.22. The van der Waals surface area contributed by atoms with E-state index >= 15 is 0 Å². The fraction of sp³-hybridized carbons (Fsp3) is 0.600. The van der Waals surface area contributed by atoms with E-state index < -0.39 is 11.6 Å². The molecule has 0 aliphatic heterocycles. The summed E-state index contributed by atoms with van der Waals surface area (Å²) in [6.07, 6.45) is 4.51. The van der Waals surface area contributed by atoms with Crippen molar-refractivity contribution in [2.45, 2.75) is 37.3 Å². The van der Waals surface area contributed by atoms with Gasteiger partial charge in [-0.25, -0.2) is 8.78 Å². The van der Waals surface area contributed by atoms with Gasteiger partial charge in [-0.15, -0.1) is 0 Å². The van der Waals surface area contributed by atoms with E-state index in [4.69, 9.17) is 0 Å². The number of hydrogen-bond donors (Lipinski definition) is 1. The number of halogens is 2. The van der Waals surface area contributed by atoms with Crippen molar-refractivity contribution >= 4 is 0 Å². The first-order chi connectivity index (χ1) is 9.01. The Balaban J connectivity index is 2.40. The summed E-state index contributed by atoms with van der Waals surface area (Å²) in [5.74, 6) is -1.56. The lowest BCUT2D eigenvalue weighted by Gasteiger charge is -2.43. The molecule has 1 aliphatic rings. The molecule has 0 spiro atoms. The van der Waals surface area contributed by atoms with Gasteiger partial charge in [0.25, 0.3) is 0 Å². The monoisotopic (exact) mass is 268 g/mol. The minimum Gasteiger partial charge on any atom is -0.311 e.